The number of benzene rings is 1. The van der Waals surface area contributed by atoms with Crippen molar-refractivity contribution < 1.29 is 9.47 Å². The number of halogens is 1. The second kappa shape index (κ2) is 11.9. The summed E-state index contributed by atoms with van der Waals surface area (Å²) in [6.07, 6.45) is 5.90. The molecule has 0 aliphatic carbocycles. The Balaban J connectivity index is 0.00000300. The average molecular weight is 513 g/mol. The van der Waals surface area contributed by atoms with Crippen molar-refractivity contribution in [3.05, 3.63) is 41.7 Å². The number of hydrogen-bond donors (Lipinski definition) is 2. The van der Waals surface area contributed by atoms with E-state index in [0.29, 0.717) is 13.2 Å². The van der Waals surface area contributed by atoms with Crippen LogP contribution in [-0.4, -0.2) is 41.5 Å². The van der Waals surface area contributed by atoms with Gasteiger partial charge >= 0.3 is 0 Å². The largest absolute Gasteiger partial charge is 0.494 e. The number of nitrogens with one attached hydrogen (secondary N) is 2. The fraction of sp³-hybridized carbons (Fsp3) is 0.524. The zero-order chi connectivity index (χ0) is 19.8. The van der Waals surface area contributed by atoms with Crippen LogP contribution in [0.3, 0.4) is 0 Å². The van der Waals surface area contributed by atoms with Crippen LogP contribution in [0.2, 0.25) is 0 Å². The summed E-state index contributed by atoms with van der Waals surface area (Å²) in [6, 6.07) is 6.13. The third-order valence-electron chi connectivity index (χ3n) is 4.55. The third kappa shape index (κ3) is 6.80. The Bertz CT molecular complexity index is 780. The van der Waals surface area contributed by atoms with E-state index in [2.05, 4.69) is 41.7 Å². The van der Waals surface area contributed by atoms with Crippen molar-refractivity contribution >= 4 is 29.9 Å². The Hall–Kier alpha value is -1.97. The Morgan fingerprint density at radius 2 is 2.21 bits per heavy atom. The van der Waals surface area contributed by atoms with Gasteiger partial charge in [0.2, 0.25) is 0 Å². The molecule has 1 aliphatic heterocycles. The molecule has 1 aromatic carbocycles. The lowest BCUT2D eigenvalue weighted by atomic mass is 10.1. The first-order valence-electron chi connectivity index (χ1n) is 10.1. The molecular weight excluding hydrogens is 481 g/mol. The van der Waals surface area contributed by atoms with Crippen molar-refractivity contribution in [2.75, 3.05) is 19.7 Å². The number of hydrogen-bond acceptors (Lipinski definition) is 4. The molecule has 1 unspecified atom stereocenters. The van der Waals surface area contributed by atoms with Gasteiger partial charge in [0.05, 0.1) is 13.2 Å². The minimum atomic E-state index is 0. The minimum absolute atomic E-state index is 0. The maximum absolute atomic E-state index is 5.91. The summed E-state index contributed by atoms with van der Waals surface area (Å²) in [5.41, 5.74) is 2.26. The van der Waals surface area contributed by atoms with Gasteiger partial charge in [0.25, 0.3) is 0 Å². The highest BCUT2D eigenvalue weighted by Gasteiger charge is 2.21. The van der Waals surface area contributed by atoms with E-state index in [9.17, 15) is 0 Å². The molecular formula is C21H32IN5O2. The van der Waals surface area contributed by atoms with Crippen LogP contribution in [0.5, 0.6) is 11.5 Å². The van der Waals surface area contributed by atoms with Crippen LogP contribution in [0.4, 0.5) is 0 Å². The van der Waals surface area contributed by atoms with E-state index in [1.807, 2.05) is 23.9 Å². The zero-order valence-corrected chi connectivity index (χ0v) is 19.8. The number of guanidine groups is 1. The smallest absolute Gasteiger partial charge is 0.191 e. The second-order valence-electron chi connectivity index (χ2n) is 6.88. The highest BCUT2D eigenvalue weighted by molar-refractivity contribution is 14.0. The Morgan fingerprint density at radius 3 is 2.93 bits per heavy atom. The lowest BCUT2D eigenvalue weighted by molar-refractivity contribution is 0.254. The molecule has 0 fully saturated rings. The average Bonchev–Trinajstić information content (AvgIpc) is 3.31. The van der Waals surface area contributed by atoms with E-state index in [4.69, 9.17) is 14.5 Å². The molecule has 2 heterocycles. The van der Waals surface area contributed by atoms with Crippen molar-refractivity contribution in [3.8, 4) is 11.5 Å². The molecule has 0 saturated heterocycles. The molecule has 7 nitrogen and oxygen atoms in total. The van der Waals surface area contributed by atoms with Gasteiger partial charge in [-0.3, -0.25) is 4.68 Å². The van der Waals surface area contributed by atoms with E-state index in [-0.39, 0.29) is 30.1 Å². The summed E-state index contributed by atoms with van der Waals surface area (Å²) in [7, 11) is 0. The quantitative estimate of drug-likeness (QED) is 0.233. The van der Waals surface area contributed by atoms with E-state index >= 15 is 0 Å². The standard InChI is InChI=1S/C21H31N5O2.HI/c1-4-22-21(23-8-6-10-26-11-7-9-25-26)24-15-18-14-20-17(12-16(3)28-20)13-19(18)27-5-2;/h7,9,11,13-14,16H,4-6,8,10,12,15H2,1-3H3,(H2,22,23,24);1H. The van der Waals surface area contributed by atoms with Crippen molar-refractivity contribution in [1.82, 2.24) is 20.4 Å². The minimum Gasteiger partial charge on any atom is -0.494 e. The number of ether oxygens (including phenoxy) is 2. The fourth-order valence-corrected chi connectivity index (χ4v) is 3.28. The topological polar surface area (TPSA) is 72.7 Å². The highest BCUT2D eigenvalue weighted by atomic mass is 127. The molecule has 2 N–H and O–H groups in total. The first-order valence-corrected chi connectivity index (χ1v) is 10.1. The Morgan fingerprint density at radius 1 is 1.34 bits per heavy atom. The first-order chi connectivity index (χ1) is 13.7. The first kappa shape index (κ1) is 23.3. The lowest BCUT2D eigenvalue weighted by Gasteiger charge is -2.14. The SMILES string of the molecule is CCNC(=NCc1cc2c(cc1OCC)CC(C)O2)NCCCn1cccn1.I. The molecule has 3 rings (SSSR count). The summed E-state index contributed by atoms with van der Waals surface area (Å²) >= 11 is 0. The van der Waals surface area contributed by atoms with Crippen LogP contribution in [-0.2, 0) is 19.5 Å². The molecule has 160 valence electrons. The summed E-state index contributed by atoms with van der Waals surface area (Å²) in [6.45, 7) is 9.86. The van der Waals surface area contributed by atoms with Gasteiger partial charge in [-0.15, -0.1) is 24.0 Å². The molecule has 0 spiro atoms. The molecule has 8 heteroatoms. The molecule has 29 heavy (non-hydrogen) atoms. The molecule has 0 bridgehead atoms. The van der Waals surface area contributed by atoms with Crippen LogP contribution in [0.1, 0.15) is 38.3 Å². The summed E-state index contributed by atoms with van der Waals surface area (Å²) < 4.78 is 13.7. The number of rotatable bonds is 9. The predicted octanol–water partition coefficient (Wildman–Crippen LogP) is 3.37. The molecule has 0 amide bonds. The number of aryl methyl sites for hydroxylation is 1. The molecule has 0 saturated carbocycles. The molecule has 1 aromatic heterocycles. The molecule has 1 atom stereocenters. The number of aliphatic imine (C=N–C) groups is 1. The lowest BCUT2D eigenvalue weighted by Crippen LogP contribution is -2.38. The van der Waals surface area contributed by atoms with Crippen LogP contribution in [0.25, 0.3) is 0 Å². The Labute approximate surface area is 190 Å². The van der Waals surface area contributed by atoms with Gasteiger partial charge in [-0.2, -0.15) is 5.10 Å². The van der Waals surface area contributed by atoms with Crippen molar-refractivity contribution in [2.45, 2.75) is 52.8 Å². The van der Waals surface area contributed by atoms with E-state index in [0.717, 1.165) is 55.5 Å². The van der Waals surface area contributed by atoms with Crippen molar-refractivity contribution in [2.24, 2.45) is 4.99 Å². The fourth-order valence-electron chi connectivity index (χ4n) is 3.28. The molecule has 1 aliphatic rings. The normalized spacial score (nSPS) is 15.3. The van der Waals surface area contributed by atoms with Gasteiger partial charge in [0, 0.05) is 49.6 Å². The van der Waals surface area contributed by atoms with E-state index in [1.54, 1.807) is 6.20 Å². The molecule has 0 radical (unpaired) electrons. The zero-order valence-electron chi connectivity index (χ0n) is 17.5. The maximum atomic E-state index is 5.91. The van der Waals surface area contributed by atoms with E-state index in [1.165, 1.54) is 5.56 Å². The molecule has 2 aromatic rings. The summed E-state index contributed by atoms with van der Waals surface area (Å²) in [4.78, 5) is 4.74. The predicted molar refractivity (Wildman–Crippen MR) is 126 cm³/mol. The van der Waals surface area contributed by atoms with Crippen LogP contribution in [0, 0.1) is 0 Å². The number of nitrogens with zero attached hydrogens (tertiary/aromatic N) is 3. The Kier molecular flexibility index (Phi) is 9.56. The summed E-state index contributed by atoms with van der Waals surface area (Å²) in [5, 5.41) is 10.9. The maximum Gasteiger partial charge on any atom is 0.191 e. The van der Waals surface area contributed by atoms with Crippen LogP contribution in [0.15, 0.2) is 35.6 Å². The monoisotopic (exact) mass is 513 g/mol. The van der Waals surface area contributed by atoms with Gasteiger partial charge < -0.3 is 20.1 Å². The van der Waals surface area contributed by atoms with Gasteiger partial charge in [0.1, 0.15) is 17.6 Å². The van der Waals surface area contributed by atoms with Gasteiger partial charge in [-0.05, 0) is 45.4 Å². The van der Waals surface area contributed by atoms with Crippen molar-refractivity contribution in [3.63, 3.8) is 0 Å². The van der Waals surface area contributed by atoms with Crippen molar-refractivity contribution in [1.29, 1.82) is 0 Å². The highest BCUT2D eigenvalue weighted by Crippen LogP contribution is 2.35. The van der Waals surface area contributed by atoms with Gasteiger partial charge in [0.15, 0.2) is 5.96 Å². The van der Waals surface area contributed by atoms with Crippen LogP contribution >= 0.6 is 24.0 Å². The second-order valence-corrected chi connectivity index (χ2v) is 6.88. The van der Waals surface area contributed by atoms with E-state index < -0.39 is 0 Å². The van der Waals surface area contributed by atoms with Gasteiger partial charge in [-0.1, -0.05) is 0 Å². The van der Waals surface area contributed by atoms with Gasteiger partial charge in [-0.25, -0.2) is 4.99 Å². The van der Waals surface area contributed by atoms with Crippen LogP contribution < -0.4 is 20.1 Å². The third-order valence-corrected chi connectivity index (χ3v) is 4.55. The number of fused-ring (bicyclic) bond motifs is 1. The number of aromatic nitrogens is 2. The summed E-state index contributed by atoms with van der Waals surface area (Å²) in [5.74, 6) is 2.66.